The molecule has 1 unspecified atom stereocenters. The lowest BCUT2D eigenvalue weighted by molar-refractivity contribution is 0.372. The molecule has 1 aliphatic rings. The maximum Gasteiger partial charge on any atom is 0.104 e. The zero-order valence-corrected chi connectivity index (χ0v) is 6.38. The second-order valence-electron chi connectivity index (χ2n) is 2.46. The molecule has 1 atom stereocenters. The molecule has 1 saturated heterocycles. The summed E-state index contributed by atoms with van der Waals surface area (Å²) in [7, 11) is 0. The van der Waals surface area contributed by atoms with Gasteiger partial charge in [0.15, 0.2) is 0 Å². The van der Waals surface area contributed by atoms with Crippen molar-refractivity contribution in [2.75, 3.05) is 18.2 Å². The van der Waals surface area contributed by atoms with Gasteiger partial charge in [0.05, 0.1) is 0 Å². The molecule has 0 aromatic heterocycles. The Morgan fingerprint density at radius 2 is 2.44 bits per heavy atom. The summed E-state index contributed by atoms with van der Waals surface area (Å²) in [6, 6.07) is 0.636. The van der Waals surface area contributed by atoms with E-state index in [1.807, 2.05) is 18.7 Å². The second kappa shape index (κ2) is 3.42. The molecule has 0 aliphatic carbocycles. The van der Waals surface area contributed by atoms with Gasteiger partial charge < -0.3 is 5.32 Å². The topological polar surface area (TPSA) is 12.0 Å². The standard InChI is InChI=1S/C6H12FNS/c1-5(2-7)8-6-3-9-4-6/h5-6,8H,2-4H2,1H3. The van der Waals surface area contributed by atoms with Crippen molar-refractivity contribution in [1.82, 2.24) is 5.32 Å². The maximum absolute atomic E-state index is 11.8. The fourth-order valence-electron chi connectivity index (χ4n) is 0.779. The molecule has 0 amide bonds. The highest BCUT2D eigenvalue weighted by molar-refractivity contribution is 8.00. The van der Waals surface area contributed by atoms with Crippen LogP contribution in [0, 0.1) is 0 Å². The molecule has 1 nitrogen and oxygen atoms in total. The average molecular weight is 149 g/mol. The van der Waals surface area contributed by atoms with Crippen molar-refractivity contribution < 1.29 is 4.39 Å². The van der Waals surface area contributed by atoms with Crippen molar-refractivity contribution in [2.24, 2.45) is 0 Å². The van der Waals surface area contributed by atoms with Gasteiger partial charge in [-0.05, 0) is 6.92 Å². The van der Waals surface area contributed by atoms with Crippen LogP contribution in [0.25, 0.3) is 0 Å². The first kappa shape index (κ1) is 7.35. The summed E-state index contributed by atoms with van der Waals surface area (Å²) in [5, 5.41) is 3.17. The quantitative estimate of drug-likeness (QED) is 0.643. The molecule has 0 spiro atoms. The molecular weight excluding hydrogens is 137 g/mol. The molecule has 0 radical (unpaired) electrons. The molecule has 0 aromatic carbocycles. The summed E-state index contributed by atoms with van der Waals surface area (Å²) >= 11 is 1.91. The Morgan fingerprint density at radius 3 is 2.78 bits per heavy atom. The Hall–Kier alpha value is 0.240. The Balaban J connectivity index is 2.01. The summed E-state index contributed by atoms with van der Waals surface area (Å²) < 4.78 is 11.8. The zero-order valence-electron chi connectivity index (χ0n) is 5.56. The van der Waals surface area contributed by atoms with Crippen LogP contribution in [0.15, 0.2) is 0 Å². The average Bonchev–Trinajstić information content (AvgIpc) is 1.78. The minimum Gasteiger partial charge on any atom is -0.307 e. The van der Waals surface area contributed by atoms with E-state index in [-0.39, 0.29) is 12.7 Å². The van der Waals surface area contributed by atoms with E-state index in [0.717, 1.165) is 11.5 Å². The van der Waals surface area contributed by atoms with Crippen LogP contribution in [0.4, 0.5) is 4.39 Å². The van der Waals surface area contributed by atoms with Crippen molar-refractivity contribution in [2.45, 2.75) is 19.0 Å². The van der Waals surface area contributed by atoms with Gasteiger partial charge >= 0.3 is 0 Å². The summed E-state index contributed by atoms with van der Waals surface area (Å²) in [5.41, 5.74) is 0. The van der Waals surface area contributed by atoms with Gasteiger partial charge in [-0.15, -0.1) is 0 Å². The Bertz CT molecular complexity index is 82.4. The number of thioether (sulfide) groups is 1. The summed E-state index contributed by atoms with van der Waals surface area (Å²) in [4.78, 5) is 0. The van der Waals surface area contributed by atoms with Gasteiger partial charge in [-0.1, -0.05) is 0 Å². The maximum atomic E-state index is 11.8. The summed E-state index contributed by atoms with van der Waals surface area (Å²) in [6.07, 6.45) is 0. The van der Waals surface area contributed by atoms with Crippen molar-refractivity contribution in [3.8, 4) is 0 Å². The van der Waals surface area contributed by atoms with E-state index in [1.165, 1.54) is 0 Å². The lowest BCUT2D eigenvalue weighted by atomic mass is 10.3. The normalized spacial score (nSPS) is 23.3. The van der Waals surface area contributed by atoms with Crippen LogP contribution >= 0.6 is 11.8 Å². The smallest absolute Gasteiger partial charge is 0.104 e. The molecule has 0 aromatic rings. The van der Waals surface area contributed by atoms with E-state index >= 15 is 0 Å². The van der Waals surface area contributed by atoms with Crippen LogP contribution in [-0.4, -0.2) is 30.3 Å². The Labute approximate surface area is 59.4 Å². The number of hydrogen-bond donors (Lipinski definition) is 1. The molecule has 0 bridgehead atoms. The fourth-order valence-corrected chi connectivity index (χ4v) is 1.44. The second-order valence-corrected chi connectivity index (χ2v) is 3.53. The molecule has 1 aliphatic heterocycles. The molecule has 1 rings (SSSR count). The summed E-state index contributed by atoms with van der Waals surface area (Å²) in [5.74, 6) is 2.31. The fraction of sp³-hybridized carbons (Fsp3) is 1.00. The van der Waals surface area contributed by atoms with Crippen molar-refractivity contribution >= 4 is 11.8 Å². The van der Waals surface area contributed by atoms with Gasteiger partial charge in [0.25, 0.3) is 0 Å². The molecule has 1 fully saturated rings. The number of rotatable bonds is 3. The van der Waals surface area contributed by atoms with E-state index in [2.05, 4.69) is 5.32 Å². The predicted molar refractivity (Wildman–Crippen MR) is 39.7 cm³/mol. The van der Waals surface area contributed by atoms with E-state index < -0.39 is 0 Å². The largest absolute Gasteiger partial charge is 0.307 e. The third kappa shape index (κ3) is 2.14. The summed E-state index contributed by atoms with van der Waals surface area (Å²) in [6.45, 7) is 1.63. The minimum atomic E-state index is -0.249. The molecule has 54 valence electrons. The van der Waals surface area contributed by atoms with Crippen LogP contribution < -0.4 is 5.32 Å². The predicted octanol–water partition coefficient (Wildman–Crippen LogP) is 1.05. The molecule has 9 heavy (non-hydrogen) atoms. The lowest BCUT2D eigenvalue weighted by Crippen LogP contribution is -2.45. The zero-order chi connectivity index (χ0) is 6.69. The van der Waals surface area contributed by atoms with Gasteiger partial charge in [0.1, 0.15) is 6.67 Å². The highest BCUT2D eigenvalue weighted by atomic mass is 32.2. The highest BCUT2D eigenvalue weighted by Gasteiger charge is 2.18. The third-order valence-corrected chi connectivity index (χ3v) is 2.67. The first-order valence-corrected chi connectivity index (χ1v) is 4.38. The number of halogens is 1. The van der Waals surface area contributed by atoms with Crippen LogP contribution in [0.3, 0.4) is 0 Å². The van der Waals surface area contributed by atoms with Crippen molar-refractivity contribution in [1.29, 1.82) is 0 Å². The molecule has 1 N–H and O–H groups in total. The number of alkyl halides is 1. The molecular formula is C6H12FNS. The van der Waals surface area contributed by atoms with Crippen LogP contribution in [0.1, 0.15) is 6.92 Å². The molecule has 3 heteroatoms. The van der Waals surface area contributed by atoms with Gasteiger partial charge in [-0.2, -0.15) is 11.8 Å². The SMILES string of the molecule is CC(CF)NC1CSC1. The highest BCUT2D eigenvalue weighted by Crippen LogP contribution is 2.17. The van der Waals surface area contributed by atoms with Crippen LogP contribution in [-0.2, 0) is 0 Å². The van der Waals surface area contributed by atoms with E-state index in [9.17, 15) is 4.39 Å². The van der Waals surface area contributed by atoms with E-state index in [4.69, 9.17) is 0 Å². The Morgan fingerprint density at radius 1 is 1.78 bits per heavy atom. The molecule has 1 heterocycles. The van der Waals surface area contributed by atoms with E-state index in [1.54, 1.807) is 0 Å². The van der Waals surface area contributed by atoms with Gasteiger partial charge in [-0.25, -0.2) is 4.39 Å². The van der Waals surface area contributed by atoms with Crippen molar-refractivity contribution in [3.05, 3.63) is 0 Å². The van der Waals surface area contributed by atoms with Crippen molar-refractivity contribution in [3.63, 3.8) is 0 Å². The Kier molecular flexibility index (Phi) is 2.79. The monoisotopic (exact) mass is 149 g/mol. The van der Waals surface area contributed by atoms with E-state index in [0.29, 0.717) is 6.04 Å². The first-order valence-electron chi connectivity index (χ1n) is 3.22. The lowest BCUT2D eigenvalue weighted by Gasteiger charge is -2.28. The minimum absolute atomic E-state index is 0.0518. The first-order chi connectivity index (χ1) is 4.33. The van der Waals surface area contributed by atoms with Crippen LogP contribution in [0.5, 0.6) is 0 Å². The van der Waals surface area contributed by atoms with Crippen LogP contribution in [0.2, 0.25) is 0 Å². The third-order valence-electron chi connectivity index (χ3n) is 1.39. The molecule has 0 saturated carbocycles. The van der Waals surface area contributed by atoms with Gasteiger partial charge in [-0.3, -0.25) is 0 Å². The van der Waals surface area contributed by atoms with Gasteiger partial charge in [0.2, 0.25) is 0 Å². The number of hydrogen-bond acceptors (Lipinski definition) is 2. The van der Waals surface area contributed by atoms with Gasteiger partial charge in [0, 0.05) is 23.6 Å². The number of nitrogens with one attached hydrogen (secondary N) is 1.